The Balaban J connectivity index is 1.56. The van der Waals surface area contributed by atoms with Crippen LogP contribution in [0.5, 0.6) is 0 Å². The summed E-state index contributed by atoms with van der Waals surface area (Å²) in [4.78, 5) is 22.3. The van der Waals surface area contributed by atoms with Crippen molar-refractivity contribution >= 4 is 34.8 Å². The lowest BCUT2D eigenvalue weighted by Crippen LogP contribution is -2.41. The van der Waals surface area contributed by atoms with Crippen LogP contribution < -0.4 is 0 Å². The van der Waals surface area contributed by atoms with Gasteiger partial charge < -0.3 is 9.64 Å². The van der Waals surface area contributed by atoms with Crippen LogP contribution in [-0.2, 0) is 4.74 Å². The highest BCUT2D eigenvalue weighted by molar-refractivity contribution is 6.34. The van der Waals surface area contributed by atoms with E-state index in [0.717, 1.165) is 29.6 Å². The molecule has 0 saturated carbocycles. The number of aromatic nitrogens is 4. The van der Waals surface area contributed by atoms with Gasteiger partial charge in [-0.25, -0.2) is 19.3 Å². The number of likely N-dealkylation sites (tertiary alicyclic amines) is 1. The Morgan fingerprint density at radius 1 is 1.16 bits per heavy atom. The molecule has 164 valence electrons. The van der Waals surface area contributed by atoms with E-state index in [2.05, 4.69) is 28.1 Å². The van der Waals surface area contributed by atoms with Crippen LogP contribution in [0, 0.1) is 6.92 Å². The van der Waals surface area contributed by atoms with Crippen molar-refractivity contribution in [1.82, 2.24) is 24.5 Å². The first-order valence-electron chi connectivity index (χ1n) is 10.3. The molecule has 0 aromatic carbocycles. The summed E-state index contributed by atoms with van der Waals surface area (Å²) in [6.07, 6.45) is 4.77. The molecule has 4 heterocycles. The Morgan fingerprint density at radius 3 is 2.55 bits per heavy atom. The van der Waals surface area contributed by atoms with Crippen molar-refractivity contribution in [2.24, 2.45) is 0 Å². The Hall–Kier alpha value is -2.38. The SMILES string of the molecule is Cc1c(C2CCN(C(=O)OC(C)(C)C)CC2)ccc2c(-c3nc(Cl)ncc3Cl)cnn12. The molecule has 3 aromatic heterocycles. The van der Waals surface area contributed by atoms with Gasteiger partial charge in [0.15, 0.2) is 0 Å². The van der Waals surface area contributed by atoms with Crippen LogP contribution in [0.1, 0.15) is 50.8 Å². The molecule has 0 spiro atoms. The fourth-order valence-corrected chi connectivity index (χ4v) is 4.37. The van der Waals surface area contributed by atoms with Crippen LogP contribution in [0.3, 0.4) is 0 Å². The van der Waals surface area contributed by atoms with Crippen molar-refractivity contribution in [3.05, 3.63) is 46.1 Å². The summed E-state index contributed by atoms with van der Waals surface area (Å²) in [5.74, 6) is 0.354. The number of pyridine rings is 1. The van der Waals surface area contributed by atoms with Crippen LogP contribution in [0.25, 0.3) is 16.8 Å². The van der Waals surface area contributed by atoms with E-state index in [4.69, 9.17) is 27.9 Å². The minimum atomic E-state index is -0.482. The molecule has 1 amide bonds. The number of carbonyl (C=O) groups is 1. The number of hydrogen-bond donors (Lipinski definition) is 0. The zero-order valence-electron chi connectivity index (χ0n) is 18.0. The lowest BCUT2D eigenvalue weighted by atomic mass is 9.88. The summed E-state index contributed by atoms with van der Waals surface area (Å²) in [5, 5.41) is 5.14. The highest BCUT2D eigenvalue weighted by atomic mass is 35.5. The second-order valence-electron chi connectivity index (χ2n) is 8.81. The van der Waals surface area contributed by atoms with Gasteiger partial charge >= 0.3 is 6.09 Å². The number of carbonyl (C=O) groups excluding carboxylic acids is 1. The standard InChI is InChI=1S/C22H25Cl2N5O2/c1-13-15(14-7-9-28(10-8-14)21(30)31-22(2,3)4)5-6-18-16(11-26-29(13)18)19-17(23)12-25-20(24)27-19/h5-6,11-12,14H,7-10H2,1-4H3. The Morgan fingerprint density at radius 2 is 1.87 bits per heavy atom. The Labute approximate surface area is 191 Å². The summed E-state index contributed by atoms with van der Waals surface area (Å²) in [6.45, 7) is 9.08. The molecule has 0 aliphatic carbocycles. The average molecular weight is 462 g/mol. The highest BCUT2D eigenvalue weighted by Crippen LogP contribution is 2.34. The number of halogens is 2. The van der Waals surface area contributed by atoms with Gasteiger partial charge in [0.25, 0.3) is 0 Å². The number of piperidine rings is 1. The third kappa shape index (κ3) is 4.48. The maximum Gasteiger partial charge on any atom is 0.410 e. The molecular weight excluding hydrogens is 437 g/mol. The maximum atomic E-state index is 12.3. The number of aryl methyl sites for hydroxylation is 1. The molecule has 3 aromatic rings. The molecule has 0 bridgehead atoms. The van der Waals surface area contributed by atoms with Gasteiger partial charge in [0.05, 0.1) is 28.6 Å². The quantitative estimate of drug-likeness (QED) is 0.469. The van der Waals surface area contributed by atoms with Crippen molar-refractivity contribution in [2.45, 2.75) is 52.1 Å². The van der Waals surface area contributed by atoms with Crippen molar-refractivity contribution in [2.75, 3.05) is 13.1 Å². The molecule has 1 fully saturated rings. The molecule has 1 aliphatic rings. The van der Waals surface area contributed by atoms with Gasteiger partial charge in [0.2, 0.25) is 5.28 Å². The lowest BCUT2D eigenvalue weighted by molar-refractivity contribution is 0.0204. The van der Waals surface area contributed by atoms with E-state index < -0.39 is 5.60 Å². The van der Waals surface area contributed by atoms with E-state index in [1.165, 1.54) is 11.8 Å². The van der Waals surface area contributed by atoms with Gasteiger partial charge in [-0.15, -0.1) is 0 Å². The summed E-state index contributed by atoms with van der Waals surface area (Å²) in [6, 6.07) is 4.18. The highest BCUT2D eigenvalue weighted by Gasteiger charge is 2.28. The van der Waals surface area contributed by atoms with Gasteiger partial charge in [0.1, 0.15) is 5.60 Å². The largest absolute Gasteiger partial charge is 0.444 e. The first-order valence-corrected chi connectivity index (χ1v) is 11.0. The van der Waals surface area contributed by atoms with Crippen LogP contribution in [-0.4, -0.2) is 49.3 Å². The molecule has 0 radical (unpaired) electrons. The molecule has 31 heavy (non-hydrogen) atoms. The molecule has 9 heteroatoms. The van der Waals surface area contributed by atoms with Gasteiger partial charge in [-0.3, -0.25) is 0 Å². The number of rotatable bonds is 2. The Bertz CT molecular complexity index is 1130. The summed E-state index contributed by atoms with van der Waals surface area (Å²) in [5.41, 5.74) is 4.10. The van der Waals surface area contributed by atoms with Crippen LogP contribution in [0.2, 0.25) is 10.3 Å². The zero-order chi connectivity index (χ0) is 22.3. The summed E-state index contributed by atoms with van der Waals surface area (Å²) in [7, 11) is 0. The minimum Gasteiger partial charge on any atom is -0.444 e. The molecule has 4 rings (SSSR count). The van der Waals surface area contributed by atoms with Crippen LogP contribution in [0.15, 0.2) is 24.5 Å². The van der Waals surface area contributed by atoms with Crippen molar-refractivity contribution in [3.63, 3.8) is 0 Å². The maximum absolute atomic E-state index is 12.3. The number of nitrogens with zero attached hydrogens (tertiary/aromatic N) is 5. The monoisotopic (exact) mass is 461 g/mol. The fraction of sp³-hybridized carbons (Fsp3) is 0.455. The average Bonchev–Trinajstić information content (AvgIpc) is 3.14. The molecule has 0 N–H and O–H groups in total. The molecular formula is C22H25Cl2N5O2. The van der Waals surface area contributed by atoms with E-state index in [1.54, 1.807) is 11.1 Å². The molecule has 0 unspecified atom stereocenters. The summed E-state index contributed by atoms with van der Waals surface area (Å²) >= 11 is 12.3. The smallest absolute Gasteiger partial charge is 0.410 e. The van der Waals surface area contributed by atoms with E-state index in [1.807, 2.05) is 31.4 Å². The second-order valence-corrected chi connectivity index (χ2v) is 9.55. The van der Waals surface area contributed by atoms with Crippen molar-refractivity contribution in [3.8, 4) is 11.3 Å². The predicted molar refractivity (Wildman–Crippen MR) is 121 cm³/mol. The summed E-state index contributed by atoms with van der Waals surface area (Å²) < 4.78 is 7.42. The first-order chi connectivity index (χ1) is 14.6. The Kier molecular flexibility index (Phi) is 5.83. The number of amides is 1. The third-order valence-corrected chi connectivity index (χ3v) is 5.98. The van der Waals surface area contributed by atoms with Gasteiger partial charge in [0, 0.05) is 24.3 Å². The predicted octanol–water partition coefficient (Wildman–Crippen LogP) is 5.52. The zero-order valence-corrected chi connectivity index (χ0v) is 19.5. The third-order valence-electron chi connectivity index (χ3n) is 5.52. The van der Waals surface area contributed by atoms with Gasteiger partial charge in [-0.05, 0) is 69.7 Å². The van der Waals surface area contributed by atoms with Crippen molar-refractivity contribution in [1.29, 1.82) is 0 Å². The van der Waals surface area contributed by atoms with Crippen molar-refractivity contribution < 1.29 is 9.53 Å². The number of hydrogen-bond acceptors (Lipinski definition) is 5. The number of ether oxygens (including phenoxy) is 1. The van der Waals surface area contributed by atoms with E-state index >= 15 is 0 Å². The normalized spacial score (nSPS) is 15.5. The van der Waals surface area contributed by atoms with Crippen LogP contribution in [0.4, 0.5) is 4.79 Å². The number of fused-ring (bicyclic) bond motifs is 1. The van der Waals surface area contributed by atoms with E-state index in [-0.39, 0.29) is 11.4 Å². The molecule has 0 atom stereocenters. The van der Waals surface area contributed by atoms with Gasteiger partial charge in [-0.2, -0.15) is 5.10 Å². The second kappa shape index (κ2) is 8.28. The molecule has 7 nitrogen and oxygen atoms in total. The van der Waals surface area contributed by atoms with Gasteiger partial charge in [-0.1, -0.05) is 17.7 Å². The minimum absolute atomic E-state index is 0.142. The van der Waals surface area contributed by atoms with Crippen LogP contribution >= 0.6 is 23.2 Å². The van der Waals surface area contributed by atoms with E-state index in [9.17, 15) is 4.79 Å². The topological polar surface area (TPSA) is 72.6 Å². The fourth-order valence-electron chi connectivity index (χ4n) is 4.05. The molecule has 1 saturated heterocycles. The molecule has 1 aliphatic heterocycles. The van der Waals surface area contributed by atoms with E-state index in [0.29, 0.717) is 29.7 Å². The first kappa shape index (κ1) is 21.8. The lowest BCUT2D eigenvalue weighted by Gasteiger charge is -2.34.